The quantitative estimate of drug-likeness (QED) is 0.541. The number of hydrogen-bond acceptors (Lipinski definition) is 6. The molecule has 0 saturated carbocycles. The first-order chi connectivity index (χ1) is 10.0. The van der Waals surface area contributed by atoms with Crippen LogP contribution in [0, 0.1) is 0 Å². The van der Waals surface area contributed by atoms with Gasteiger partial charge in [-0.25, -0.2) is 4.79 Å². The Morgan fingerprint density at radius 1 is 1.24 bits per heavy atom. The second-order valence-electron chi connectivity index (χ2n) is 4.04. The summed E-state index contributed by atoms with van der Waals surface area (Å²) in [5, 5.41) is 23.3. The number of rotatable bonds is 7. The van der Waals surface area contributed by atoms with Crippen molar-refractivity contribution < 1.29 is 29.3 Å². The molecule has 1 aromatic carbocycles. The predicted octanol–water partition coefficient (Wildman–Crippen LogP) is -1.86. The van der Waals surface area contributed by atoms with Gasteiger partial charge in [-0.15, -0.1) is 0 Å². The Morgan fingerprint density at radius 2 is 1.90 bits per heavy atom. The molecule has 0 fully saturated rings. The van der Waals surface area contributed by atoms with Gasteiger partial charge in [0.2, 0.25) is 5.91 Å². The first kappa shape index (κ1) is 16.4. The van der Waals surface area contributed by atoms with Gasteiger partial charge in [0.25, 0.3) is 0 Å². The van der Waals surface area contributed by atoms with Crippen molar-refractivity contribution in [3.8, 4) is 0 Å². The van der Waals surface area contributed by atoms with Crippen molar-refractivity contribution in [1.82, 2.24) is 10.6 Å². The summed E-state index contributed by atoms with van der Waals surface area (Å²) in [5.74, 6) is -2.40. The molecule has 0 aliphatic heterocycles. The Kier molecular flexibility index (Phi) is 6.69. The maximum Gasteiger partial charge on any atom is 0.407 e. The summed E-state index contributed by atoms with van der Waals surface area (Å²) in [7, 11) is 0. The van der Waals surface area contributed by atoms with Gasteiger partial charge in [-0.1, -0.05) is 30.3 Å². The number of hydrogen-bond donors (Lipinski definition) is 3. The van der Waals surface area contributed by atoms with Crippen LogP contribution in [-0.2, 0) is 20.9 Å². The molecule has 114 valence electrons. The molecule has 3 N–H and O–H groups in total. The van der Waals surface area contributed by atoms with E-state index in [1.165, 1.54) is 0 Å². The molecule has 0 unspecified atom stereocenters. The lowest BCUT2D eigenvalue weighted by atomic mass is 10.2. The van der Waals surface area contributed by atoms with E-state index in [1.54, 1.807) is 24.3 Å². The third-order valence-corrected chi connectivity index (χ3v) is 2.41. The van der Waals surface area contributed by atoms with Crippen LogP contribution in [0.2, 0.25) is 0 Å². The third kappa shape index (κ3) is 6.39. The Hall–Kier alpha value is -2.61. The number of nitrogens with one attached hydrogen (secondary N) is 2. The molecule has 0 radical (unpaired) electrons. The molecule has 1 rings (SSSR count). The lowest BCUT2D eigenvalue weighted by molar-refractivity contribution is -0.309. The fourth-order valence-electron chi connectivity index (χ4n) is 1.35. The molecule has 0 spiro atoms. The molecule has 0 heterocycles. The number of aliphatic carboxylic acids is 1. The van der Waals surface area contributed by atoms with Gasteiger partial charge in [0, 0.05) is 0 Å². The summed E-state index contributed by atoms with van der Waals surface area (Å²) < 4.78 is 4.85. The highest BCUT2D eigenvalue weighted by molar-refractivity contribution is 5.86. The van der Waals surface area contributed by atoms with Crippen molar-refractivity contribution in [2.24, 2.45) is 0 Å². The fraction of sp³-hybridized carbons (Fsp3) is 0.308. The Bertz CT molecular complexity index is 491. The van der Waals surface area contributed by atoms with E-state index in [-0.39, 0.29) is 6.61 Å². The van der Waals surface area contributed by atoms with Crippen LogP contribution in [0.4, 0.5) is 4.79 Å². The van der Waals surface area contributed by atoms with Gasteiger partial charge < -0.3 is 30.4 Å². The van der Waals surface area contributed by atoms with Gasteiger partial charge >= 0.3 is 6.09 Å². The Labute approximate surface area is 120 Å². The summed E-state index contributed by atoms with van der Waals surface area (Å²) in [5.41, 5.74) is 0.786. The molecule has 2 amide bonds. The number of carboxylic acid groups (broad SMARTS) is 1. The zero-order valence-electron chi connectivity index (χ0n) is 11.1. The predicted molar refractivity (Wildman–Crippen MR) is 68.7 cm³/mol. The molecule has 1 atom stereocenters. The highest BCUT2D eigenvalue weighted by atomic mass is 16.5. The number of aliphatic hydroxyl groups excluding tert-OH is 1. The van der Waals surface area contributed by atoms with Crippen LogP contribution < -0.4 is 15.7 Å². The van der Waals surface area contributed by atoms with Crippen molar-refractivity contribution in [2.75, 3.05) is 13.2 Å². The van der Waals surface area contributed by atoms with Crippen LogP contribution >= 0.6 is 0 Å². The summed E-state index contributed by atoms with van der Waals surface area (Å²) in [6, 6.07) is 7.43. The number of ether oxygens (including phenoxy) is 1. The van der Waals surface area contributed by atoms with Crippen LogP contribution in [0.15, 0.2) is 30.3 Å². The van der Waals surface area contributed by atoms with Crippen LogP contribution in [0.5, 0.6) is 0 Å². The number of carbonyl (C=O) groups is 3. The number of carbonyl (C=O) groups excluding carboxylic acids is 3. The number of alkyl carbamates (subject to hydrolysis) is 1. The van der Waals surface area contributed by atoms with Gasteiger partial charge in [-0.3, -0.25) is 4.79 Å². The molecule has 0 saturated heterocycles. The molecule has 0 aromatic heterocycles. The SMILES string of the molecule is O=C(CNC(=O)OCc1ccccc1)N[C@H](CO)C(=O)[O-]. The first-order valence-corrected chi connectivity index (χ1v) is 6.08. The van der Waals surface area contributed by atoms with Gasteiger partial charge in [0.05, 0.1) is 18.6 Å². The normalized spacial score (nSPS) is 11.3. The van der Waals surface area contributed by atoms with E-state index in [4.69, 9.17) is 9.84 Å². The van der Waals surface area contributed by atoms with Crippen molar-refractivity contribution in [3.63, 3.8) is 0 Å². The van der Waals surface area contributed by atoms with Crippen LogP contribution in [0.1, 0.15) is 5.56 Å². The van der Waals surface area contributed by atoms with Crippen LogP contribution in [-0.4, -0.2) is 42.3 Å². The molecular weight excluding hydrogens is 280 g/mol. The lowest BCUT2D eigenvalue weighted by Gasteiger charge is -2.17. The maximum absolute atomic E-state index is 11.3. The fourth-order valence-corrected chi connectivity index (χ4v) is 1.35. The monoisotopic (exact) mass is 295 g/mol. The highest BCUT2D eigenvalue weighted by Crippen LogP contribution is 2.00. The standard InChI is InChI=1S/C13H16N2O6/c16-7-10(12(18)19)15-11(17)6-14-13(20)21-8-9-4-2-1-3-5-9/h1-5,10,16H,6-8H2,(H,14,20)(H,15,17)(H,18,19)/p-1/t10-/m1/s1. The minimum atomic E-state index is -1.61. The molecule has 0 aliphatic rings. The van der Waals surface area contributed by atoms with Crippen molar-refractivity contribution in [1.29, 1.82) is 0 Å². The molecule has 8 nitrogen and oxygen atoms in total. The molecule has 1 aromatic rings. The van der Waals surface area contributed by atoms with E-state index >= 15 is 0 Å². The molecule has 0 aliphatic carbocycles. The maximum atomic E-state index is 11.3. The summed E-state index contributed by atoms with van der Waals surface area (Å²) in [6.45, 7) is -1.23. The molecule has 0 bridgehead atoms. The Balaban J connectivity index is 2.26. The van der Waals surface area contributed by atoms with E-state index in [2.05, 4.69) is 5.32 Å². The smallest absolute Gasteiger partial charge is 0.407 e. The summed E-state index contributed by atoms with van der Waals surface area (Å²) >= 11 is 0. The van der Waals surface area contributed by atoms with E-state index in [0.29, 0.717) is 0 Å². The van der Waals surface area contributed by atoms with Crippen molar-refractivity contribution in [3.05, 3.63) is 35.9 Å². The Morgan fingerprint density at radius 3 is 2.48 bits per heavy atom. The topological polar surface area (TPSA) is 128 Å². The average molecular weight is 295 g/mol. The molecule has 8 heteroatoms. The largest absolute Gasteiger partial charge is 0.548 e. The third-order valence-electron chi connectivity index (χ3n) is 2.41. The second-order valence-corrected chi connectivity index (χ2v) is 4.04. The second kappa shape index (κ2) is 8.54. The molecular formula is C13H15N2O6-. The van der Waals surface area contributed by atoms with Crippen molar-refractivity contribution >= 4 is 18.0 Å². The number of benzene rings is 1. The first-order valence-electron chi connectivity index (χ1n) is 6.08. The van der Waals surface area contributed by atoms with Gasteiger partial charge in [-0.05, 0) is 5.56 Å². The lowest BCUT2D eigenvalue weighted by Crippen LogP contribution is -2.52. The van der Waals surface area contributed by atoms with Crippen molar-refractivity contribution in [2.45, 2.75) is 12.6 Å². The van der Waals surface area contributed by atoms with Gasteiger partial charge in [0.1, 0.15) is 13.2 Å². The van der Waals surface area contributed by atoms with Crippen LogP contribution in [0.3, 0.4) is 0 Å². The zero-order valence-corrected chi connectivity index (χ0v) is 11.1. The minimum absolute atomic E-state index is 0.0482. The number of amides is 2. The summed E-state index contributed by atoms with van der Waals surface area (Å²) in [6.07, 6.45) is -0.817. The number of aliphatic hydroxyl groups is 1. The van der Waals surface area contributed by atoms with E-state index < -0.39 is 37.2 Å². The van der Waals surface area contributed by atoms with Crippen LogP contribution in [0.25, 0.3) is 0 Å². The summed E-state index contributed by atoms with van der Waals surface area (Å²) in [4.78, 5) is 33.1. The van der Waals surface area contributed by atoms with E-state index in [1.807, 2.05) is 11.4 Å². The highest BCUT2D eigenvalue weighted by Gasteiger charge is 2.13. The zero-order chi connectivity index (χ0) is 15.7. The van der Waals surface area contributed by atoms with E-state index in [9.17, 15) is 19.5 Å². The van der Waals surface area contributed by atoms with E-state index in [0.717, 1.165) is 5.56 Å². The molecule has 21 heavy (non-hydrogen) atoms. The average Bonchev–Trinajstić information content (AvgIpc) is 2.49. The number of carboxylic acids is 1. The minimum Gasteiger partial charge on any atom is -0.548 e. The van der Waals surface area contributed by atoms with Gasteiger partial charge in [-0.2, -0.15) is 0 Å². The van der Waals surface area contributed by atoms with Gasteiger partial charge in [0.15, 0.2) is 0 Å².